The number of hydrogen-bond donors (Lipinski definition) is 2. The second kappa shape index (κ2) is 9.54. The van der Waals surface area contributed by atoms with Gasteiger partial charge in [-0.3, -0.25) is 4.79 Å². The summed E-state index contributed by atoms with van der Waals surface area (Å²) in [5, 5.41) is 6.22. The highest BCUT2D eigenvalue weighted by molar-refractivity contribution is 6.05. The summed E-state index contributed by atoms with van der Waals surface area (Å²) in [5.41, 5.74) is 4.45. The van der Waals surface area contributed by atoms with Gasteiger partial charge >= 0.3 is 0 Å². The molecule has 4 aromatic heterocycles. The van der Waals surface area contributed by atoms with E-state index in [4.69, 9.17) is 0 Å². The molecule has 29 heavy (non-hydrogen) atoms. The van der Waals surface area contributed by atoms with Crippen LogP contribution in [0.4, 0.5) is 0 Å². The summed E-state index contributed by atoms with van der Waals surface area (Å²) in [7, 11) is 3.80. The van der Waals surface area contributed by atoms with Crippen LogP contribution in [0, 0.1) is 0 Å². The maximum absolute atomic E-state index is 12.0. The topological polar surface area (TPSA) is 50.0 Å². The molecule has 2 N–H and O–H groups in total. The fraction of sp³-hybridized carbons (Fsp3) is 0.292. The maximum Gasteiger partial charge on any atom is 0.181 e. The quantitative estimate of drug-likeness (QED) is 0.492. The van der Waals surface area contributed by atoms with Crippen LogP contribution < -0.4 is 10.6 Å². The van der Waals surface area contributed by atoms with E-state index in [1.807, 2.05) is 55.0 Å². The summed E-state index contributed by atoms with van der Waals surface area (Å²) in [6, 6.07) is 16.6. The smallest absolute Gasteiger partial charge is 0.181 e. The van der Waals surface area contributed by atoms with E-state index in [9.17, 15) is 4.79 Å². The number of rotatable bonds is 6. The van der Waals surface area contributed by atoms with Crippen molar-refractivity contribution in [2.24, 2.45) is 0 Å². The van der Waals surface area contributed by atoms with Gasteiger partial charge in [0.1, 0.15) is 0 Å². The van der Waals surface area contributed by atoms with Crippen molar-refractivity contribution in [2.75, 3.05) is 14.1 Å². The Kier molecular flexibility index (Phi) is 6.86. The first-order valence-electron chi connectivity index (χ1n) is 10.0. The summed E-state index contributed by atoms with van der Waals surface area (Å²) in [5.74, 6) is 0.127. The minimum atomic E-state index is -0.147. The van der Waals surface area contributed by atoms with Crippen LogP contribution in [0.2, 0.25) is 0 Å². The maximum atomic E-state index is 12.0. The summed E-state index contributed by atoms with van der Waals surface area (Å²) >= 11 is 0. The molecule has 2 unspecified atom stereocenters. The van der Waals surface area contributed by atoms with Crippen molar-refractivity contribution in [3.05, 3.63) is 84.4 Å². The van der Waals surface area contributed by atoms with Gasteiger partial charge < -0.3 is 19.4 Å². The molecule has 5 heteroatoms. The predicted octanol–water partition coefficient (Wildman–Crippen LogP) is 3.82. The standard InChI is InChI=1S/C12H14N2O.C12H16N2/c1-9(13-2)12(15)10-5-3-7-14-8-4-6-11(10)14;1-10(13-2)9-11-5-3-7-14-8-4-6-12(11)14/h3-9,13H,1-2H3;3-8,10,13H,9H2,1-2H3. The van der Waals surface area contributed by atoms with E-state index >= 15 is 0 Å². The molecule has 0 aliphatic heterocycles. The van der Waals surface area contributed by atoms with Crippen molar-refractivity contribution in [1.82, 2.24) is 19.4 Å². The average molecular weight is 391 g/mol. The van der Waals surface area contributed by atoms with E-state index in [1.165, 1.54) is 11.1 Å². The van der Waals surface area contributed by atoms with Crippen LogP contribution in [0.25, 0.3) is 11.0 Å². The van der Waals surface area contributed by atoms with Crippen molar-refractivity contribution < 1.29 is 4.79 Å². The van der Waals surface area contributed by atoms with Gasteiger partial charge in [0, 0.05) is 41.9 Å². The molecule has 0 fully saturated rings. The number of Topliss-reactive ketones (excluding diaryl/α,β-unsaturated/α-hetero) is 1. The molecule has 0 saturated heterocycles. The van der Waals surface area contributed by atoms with E-state index in [-0.39, 0.29) is 11.8 Å². The zero-order valence-corrected chi connectivity index (χ0v) is 17.6. The Balaban J connectivity index is 0.000000166. The molecular formula is C24H30N4O. The van der Waals surface area contributed by atoms with E-state index < -0.39 is 0 Å². The highest BCUT2D eigenvalue weighted by Gasteiger charge is 2.15. The van der Waals surface area contributed by atoms with Crippen molar-refractivity contribution in [3.8, 4) is 0 Å². The third-order valence-corrected chi connectivity index (χ3v) is 5.33. The number of fused-ring (bicyclic) bond motifs is 2. The van der Waals surface area contributed by atoms with Crippen LogP contribution >= 0.6 is 0 Å². The Morgan fingerprint density at radius 3 is 2.00 bits per heavy atom. The molecule has 0 spiro atoms. The first kappa shape index (κ1) is 20.8. The predicted molar refractivity (Wildman–Crippen MR) is 120 cm³/mol. The molecule has 0 aliphatic carbocycles. The monoisotopic (exact) mass is 390 g/mol. The number of carbonyl (C=O) groups excluding carboxylic acids is 1. The van der Waals surface area contributed by atoms with Gasteiger partial charge in [0.05, 0.1) is 11.6 Å². The molecule has 0 amide bonds. The molecule has 4 rings (SSSR count). The number of ketones is 1. The van der Waals surface area contributed by atoms with Gasteiger partial charge in [0.25, 0.3) is 0 Å². The fourth-order valence-electron chi connectivity index (χ4n) is 3.38. The number of hydrogen-bond acceptors (Lipinski definition) is 3. The van der Waals surface area contributed by atoms with Crippen LogP contribution in [0.3, 0.4) is 0 Å². The average Bonchev–Trinajstić information content (AvgIpc) is 3.42. The Labute approximate surface area is 172 Å². The second-order valence-electron chi connectivity index (χ2n) is 7.33. The van der Waals surface area contributed by atoms with Crippen molar-refractivity contribution in [1.29, 1.82) is 0 Å². The van der Waals surface area contributed by atoms with E-state index in [0.717, 1.165) is 17.5 Å². The van der Waals surface area contributed by atoms with Gasteiger partial charge in [-0.25, -0.2) is 0 Å². The van der Waals surface area contributed by atoms with Crippen LogP contribution in [0.1, 0.15) is 29.8 Å². The molecule has 5 nitrogen and oxygen atoms in total. The highest BCUT2D eigenvalue weighted by Crippen LogP contribution is 2.14. The Morgan fingerprint density at radius 1 is 0.828 bits per heavy atom. The lowest BCUT2D eigenvalue weighted by Crippen LogP contribution is -2.30. The lowest BCUT2D eigenvalue weighted by Gasteiger charge is -2.11. The Morgan fingerprint density at radius 2 is 1.38 bits per heavy atom. The third-order valence-electron chi connectivity index (χ3n) is 5.33. The summed E-state index contributed by atoms with van der Waals surface area (Å²) in [6.07, 6.45) is 9.13. The molecule has 4 aromatic rings. The van der Waals surface area contributed by atoms with E-state index in [0.29, 0.717) is 6.04 Å². The first-order valence-corrected chi connectivity index (χ1v) is 10.0. The minimum absolute atomic E-state index is 0.127. The van der Waals surface area contributed by atoms with Gasteiger partial charge in [0.2, 0.25) is 0 Å². The SMILES string of the molecule is CNC(C)C(=O)c1cccn2cccc12.CNC(C)Cc1cccn2cccc12. The Hall–Kier alpha value is -2.89. The first-order chi connectivity index (χ1) is 14.0. The number of nitrogens with one attached hydrogen (secondary N) is 2. The molecule has 0 aliphatic rings. The molecule has 0 radical (unpaired) electrons. The van der Waals surface area contributed by atoms with E-state index in [1.54, 1.807) is 7.05 Å². The van der Waals surface area contributed by atoms with Gasteiger partial charge in [-0.2, -0.15) is 0 Å². The van der Waals surface area contributed by atoms with Gasteiger partial charge in [-0.15, -0.1) is 0 Å². The molecule has 2 atom stereocenters. The van der Waals surface area contributed by atoms with Gasteiger partial charge in [0.15, 0.2) is 5.78 Å². The summed E-state index contributed by atoms with van der Waals surface area (Å²) in [4.78, 5) is 12.0. The van der Waals surface area contributed by atoms with Gasteiger partial charge in [-0.1, -0.05) is 6.07 Å². The molecule has 0 bridgehead atoms. The van der Waals surface area contributed by atoms with Crippen LogP contribution in [0.15, 0.2) is 73.3 Å². The largest absolute Gasteiger partial charge is 0.324 e. The molecule has 0 saturated carbocycles. The highest BCUT2D eigenvalue weighted by atomic mass is 16.1. The van der Waals surface area contributed by atoms with Crippen molar-refractivity contribution in [2.45, 2.75) is 32.4 Å². The van der Waals surface area contributed by atoms with Crippen LogP contribution in [0.5, 0.6) is 0 Å². The van der Waals surface area contributed by atoms with Crippen molar-refractivity contribution >= 4 is 16.8 Å². The molecule has 0 aromatic carbocycles. The normalized spacial score (nSPS) is 13.1. The molecule has 4 heterocycles. The molecule has 152 valence electrons. The minimum Gasteiger partial charge on any atom is -0.324 e. The number of likely N-dealkylation sites (N-methyl/N-ethyl adjacent to an activating group) is 2. The van der Waals surface area contributed by atoms with Crippen molar-refractivity contribution in [3.63, 3.8) is 0 Å². The summed E-state index contributed by atoms with van der Waals surface area (Å²) in [6.45, 7) is 4.07. The zero-order valence-electron chi connectivity index (χ0n) is 17.6. The summed E-state index contributed by atoms with van der Waals surface area (Å²) < 4.78 is 4.12. The number of carbonyl (C=O) groups is 1. The number of aromatic nitrogens is 2. The lowest BCUT2D eigenvalue weighted by atomic mass is 10.1. The zero-order chi connectivity index (χ0) is 20.8. The fourth-order valence-corrected chi connectivity index (χ4v) is 3.38. The van der Waals surface area contributed by atoms with Crippen LogP contribution in [-0.4, -0.2) is 40.8 Å². The van der Waals surface area contributed by atoms with Crippen LogP contribution in [-0.2, 0) is 6.42 Å². The van der Waals surface area contributed by atoms with Gasteiger partial charge in [-0.05, 0) is 82.4 Å². The number of nitrogens with zero attached hydrogens (tertiary/aromatic N) is 2. The molecular weight excluding hydrogens is 360 g/mol. The number of pyridine rings is 2. The second-order valence-corrected chi connectivity index (χ2v) is 7.33. The lowest BCUT2D eigenvalue weighted by molar-refractivity contribution is 0.0956. The third kappa shape index (κ3) is 4.75. The Bertz CT molecular complexity index is 1080. The van der Waals surface area contributed by atoms with E-state index in [2.05, 4.69) is 58.6 Å².